The molecule has 0 aliphatic carbocycles. The van der Waals surface area contributed by atoms with Crippen LogP contribution in [0.2, 0.25) is 0 Å². The summed E-state index contributed by atoms with van der Waals surface area (Å²) >= 11 is 0. The number of hydrogen-bond donors (Lipinski definition) is 0. The summed E-state index contributed by atoms with van der Waals surface area (Å²) in [5, 5.41) is 2.14. The number of Topliss-reactive ketones (excluding diaryl/α,β-unsaturated/α-hetero) is 1. The highest BCUT2D eigenvalue weighted by molar-refractivity contribution is 6.12. The lowest BCUT2D eigenvalue weighted by Gasteiger charge is -2.27. The van der Waals surface area contributed by atoms with Gasteiger partial charge in [-0.25, -0.2) is 0 Å². The van der Waals surface area contributed by atoms with Crippen molar-refractivity contribution in [1.82, 2.24) is 14.4 Å². The monoisotopic (exact) mass is 417 g/mol. The van der Waals surface area contributed by atoms with E-state index < -0.39 is 0 Å². The van der Waals surface area contributed by atoms with E-state index in [4.69, 9.17) is 0 Å². The molecule has 1 aliphatic rings. The van der Waals surface area contributed by atoms with Gasteiger partial charge in [-0.1, -0.05) is 42.8 Å². The van der Waals surface area contributed by atoms with Crippen LogP contribution in [0, 0.1) is 0 Å². The predicted molar refractivity (Wildman–Crippen MR) is 125 cm³/mol. The minimum absolute atomic E-state index is 0.0292. The molecule has 162 valence electrons. The molecule has 3 aromatic rings. The van der Waals surface area contributed by atoms with Crippen LogP contribution in [-0.2, 0) is 0 Å². The van der Waals surface area contributed by atoms with Gasteiger partial charge in [-0.05, 0) is 69.9 Å². The number of nitrogens with zero attached hydrogens (tertiary/aromatic N) is 3. The molecule has 1 fully saturated rings. The molecule has 5 nitrogen and oxygen atoms in total. The van der Waals surface area contributed by atoms with Crippen LogP contribution >= 0.6 is 0 Å². The number of carbonyl (C=O) groups is 2. The van der Waals surface area contributed by atoms with Crippen molar-refractivity contribution in [1.29, 1.82) is 0 Å². The smallest absolute Gasteiger partial charge is 0.194 e. The Kier molecular flexibility index (Phi) is 6.35. The van der Waals surface area contributed by atoms with E-state index in [-0.39, 0.29) is 17.7 Å². The SMILES string of the molecule is CC(N(C)C)n1cc(C(=O)c2ccc3ccccc3c2)cc1C(=O)CN1CCCCC1. The molecule has 0 saturated carbocycles. The Morgan fingerprint density at radius 2 is 1.65 bits per heavy atom. The second-order valence-corrected chi connectivity index (χ2v) is 8.77. The summed E-state index contributed by atoms with van der Waals surface area (Å²) in [6, 6.07) is 15.6. The quantitative estimate of drug-likeness (QED) is 0.526. The Hall–Kier alpha value is -2.76. The van der Waals surface area contributed by atoms with E-state index in [1.165, 1.54) is 6.42 Å². The average Bonchev–Trinajstić information content (AvgIpc) is 3.24. The first-order valence-corrected chi connectivity index (χ1v) is 11.1. The van der Waals surface area contributed by atoms with Crippen molar-refractivity contribution >= 4 is 22.3 Å². The lowest BCUT2D eigenvalue weighted by molar-refractivity contribution is 0.0897. The van der Waals surface area contributed by atoms with Crippen LogP contribution in [0.3, 0.4) is 0 Å². The van der Waals surface area contributed by atoms with Gasteiger partial charge < -0.3 is 4.57 Å². The number of carbonyl (C=O) groups excluding carboxylic acids is 2. The standard InChI is InChI=1S/C26H31N3O2/c1-19(27(2)3)29-17-23(16-24(29)25(30)18-28-13-7-4-8-14-28)26(31)22-12-11-20-9-5-6-10-21(20)15-22/h5-6,9-12,15-17,19H,4,7-8,13-14,18H2,1-3H3. The number of aromatic nitrogens is 1. The number of rotatable bonds is 7. The molecule has 0 bridgehead atoms. The molecule has 2 aromatic carbocycles. The lowest BCUT2D eigenvalue weighted by atomic mass is 10.0. The molecule has 1 aromatic heterocycles. The van der Waals surface area contributed by atoms with Crippen LogP contribution in [0.4, 0.5) is 0 Å². The Morgan fingerprint density at radius 3 is 2.35 bits per heavy atom. The van der Waals surface area contributed by atoms with E-state index in [2.05, 4.69) is 4.90 Å². The third-order valence-corrected chi connectivity index (χ3v) is 6.37. The molecule has 31 heavy (non-hydrogen) atoms. The van der Waals surface area contributed by atoms with Gasteiger partial charge in [0.2, 0.25) is 0 Å². The summed E-state index contributed by atoms with van der Waals surface area (Å²) < 4.78 is 1.95. The maximum Gasteiger partial charge on any atom is 0.194 e. The van der Waals surface area contributed by atoms with Gasteiger partial charge in [0.05, 0.1) is 18.4 Å². The van der Waals surface area contributed by atoms with Crippen molar-refractivity contribution in [3.8, 4) is 0 Å². The second-order valence-electron chi connectivity index (χ2n) is 8.77. The van der Waals surface area contributed by atoms with Crippen LogP contribution in [0.15, 0.2) is 54.7 Å². The molecule has 1 unspecified atom stereocenters. The Balaban J connectivity index is 1.66. The van der Waals surface area contributed by atoms with Crippen LogP contribution < -0.4 is 0 Å². The van der Waals surface area contributed by atoms with Crippen LogP contribution in [-0.4, -0.2) is 59.7 Å². The van der Waals surface area contributed by atoms with Crippen molar-refractivity contribution in [3.05, 3.63) is 71.5 Å². The second kappa shape index (κ2) is 9.16. The van der Waals surface area contributed by atoms with E-state index in [1.807, 2.05) is 79.1 Å². The molecule has 0 radical (unpaired) electrons. The number of likely N-dealkylation sites (tertiary alicyclic amines) is 1. The van der Waals surface area contributed by atoms with Gasteiger partial charge in [-0.2, -0.15) is 0 Å². The summed E-state index contributed by atoms with van der Waals surface area (Å²) in [7, 11) is 3.96. The largest absolute Gasteiger partial charge is 0.328 e. The molecule has 0 amide bonds. The Morgan fingerprint density at radius 1 is 0.935 bits per heavy atom. The molecule has 4 rings (SSSR count). The first-order valence-electron chi connectivity index (χ1n) is 11.1. The van der Waals surface area contributed by atoms with E-state index in [0.29, 0.717) is 23.4 Å². The first kappa shape index (κ1) is 21.5. The maximum absolute atomic E-state index is 13.3. The zero-order valence-corrected chi connectivity index (χ0v) is 18.7. The fourth-order valence-corrected chi connectivity index (χ4v) is 4.28. The van der Waals surface area contributed by atoms with E-state index in [0.717, 1.165) is 36.7 Å². The zero-order valence-electron chi connectivity index (χ0n) is 18.7. The fourth-order valence-electron chi connectivity index (χ4n) is 4.28. The third-order valence-electron chi connectivity index (χ3n) is 6.37. The number of hydrogen-bond acceptors (Lipinski definition) is 4. The van der Waals surface area contributed by atoms with Crippen molar-refractivity contribution in [3.63, 3.8) is 0 Å². The van der Waals surface area contributed by atoms with Gasteiger partial charge in [-0.3, -0.25) is 19.4 Å². The molecule has 2 heterocycles. The topological polar surface area (TPSA) is 45.6 Å². The van der Waals surface area contributed by atoms with E-state index in [1.54, 1.807) is 6.07 Å². The molecule has 0 N–H and O–H groups in total. The van der Waals surface area contributed by atoms with E-state index in [9.17, 15) is 9.59 Å². The molecule has 0 spiro atoms. The van der Waals surface area contributed by atoms with Crippen molar-refractivity contribution in [2.24, 2.45) is 0 Å². The van der Waals surface area contributed by atoms with Gasteiger partial charge in [0.25, 0.3) is 0 Å². The zero-order chi connectivity index (χ0) is 22.0. The summed E-state index contributed by atoms with van der Waals surface area (Å²) in [4.78, 5) is 30.8. The Labute approximate surface area is 184 Å². The van der Waals surface area contributed by atoms with E-state index >= 15 is 0 Å². The van der Waals surface area contributed by atoms with Crippen molar-refractivity contribution in [2.75, 3.05) is 33.7 Å². The average molecular weight is 418 g/mol. The Bertz CT molecular complexity index is 1090. The summed E-state index contributed by atoms with van der Waals surface area (Å²) in [6.45, 7) is 4.40. The van der Waals surface area contributed by atoms with Crippen LogP contribution in [0.25, 0.3) is 10.8 Å². The number of piperidine rings is 1. The van der Waals surface area contributed by atoms with Gasteiger partial charge in [0.15, 0.2) is 11.6 Å². The van der Waals surface area contributed by atoms with Crippen molar-refractivity contribution in [2.45, 2.75) is 32.4 Å². The fraction of sp³-hybridized carbons (Fsp3) is 0.385. The van der Waals surface area contributed by atoms with Crippen LogP contribution in [0.5, 0.6) is 0 Å². The molecule has 1 atom stereocenters. The minimum Gasteiger partial charge on any atom is -0.328 e. The lowest BCUT2D eigenvalue weighted by Crippen LogP contribution is -2.35. The van der Waals surface area contributed by atoms with Crippen molar-refractivity contribution < 1.29 is 9.59 Å². The first-order chi connectivity index (χ1) is 14.9. The molecular formula is C26H31N3O2. The van der Waals surface area contributed by atoms with Gasteiger partial charge in [-0.15, -0.1) is 0 Å². The molecule has 5 heteroatoms. The van der Waals surface area contributed by atoms with Gasteiger partial charge in [0, 0.05) is 17.3 Å². The molecule has 1 aliphatic heterocycles. The highest BCUT2D eigenvalue weighted by Gasteiger charge is 2.24. The number of benzene rings is 2. The summed E-state index contributed by atoms with van der Waals surface area (Å²) in [5.41, 5.74) is 1.81. The number of fused-ring (bicyclic) bond motifs is 1. The summed E-state index contributed by atoms with van der Waals surface area (Å²) in [5.74, 6) is 0.0237. The highest BCUT2D eigenvalue weighted by atomic mass is 16.1. The highest BCUT2D eigenvalue weighted by Crippen LogP contribution is 2.23. The summed E-state index contributed by atoms with van der Waals surface area (Å²) in [6.07, 6.45) is 5.34. The third kappa shape index (κ3) is 4.63. The molecular weight excluding hydrogens is 386 g/mol. The minimum atomic E-state index is -0.0533. The van der Waals surface area contributed by atoms with Gasteiger partial charge in [0.1, 0.15) is 0 Å². The van der Waals surface area contributed by atoms with Crippen LogP contribution in [0.1, 0.15) is 58.8 Å². The molecule has 1 saturated heterocycles. The normalized spacial score (nSPS) is 16.0. The number of ketones is 2. The van der Waals surface area contributed by atoms with Gasteiger partial charge >= 0.3 is 0 Å². The predicted octanol–water partition coefficient (Wildman–Crippen LogP) is 4.62. The maximum atomic E-state index is 13.3.